The minimum Gasteiger partial charge on any atom is -0.381 e. The molecule has 0 aliphatic rings. The molecule has 2 N–H and O–H groups in total. The second-order valence-corrected chi connectivity index (χ2v) is 4.85. The van der Waals surface area contributed by atoms with Crippen LogP contribution in [0.15, 0.2) is 42.6 Å². The van der Waals surface area contributed by atoms with Crippen LogP contribution in [-0.4, -0.2) is 16.9 Å². The molecule has 1 amide bonds. The van der Waals surface area contributed by atoms with Crippen LogP contribution in [0.25, 0.3) is 0 Å². The number of rotatable bonds is 5. The van der Waals surface area contributed by atoms with Crippen molar-refractivity contribution >= 4 is 17.3 Å². The predicted octanol–water partition coefficient (Wildman–Crippen LogP) is 3.68. The number of amides is 1. The Hall–Kier alpha value is -2.43. The summed E-state index contributed by atoms with van der Waals surface area (Å²) in [6.07, 6.45) is 2.62. The van der Waals surface area contributed by atoms with Crippen LogP contribution in [0.5, 0.6) is 0 Å². The van der Waals surface area contributed by atoms with Gasteiger partial charge in [0.1, 0.15) is 11.5 Å². The molecule has 5 heteroatoms. The number of carbonyl (C=O) groups is 1. The first-order valence-corrected chi connectivity index (χ1v) is 6.88. The van der Waals surface area contributed by atoms with Crippen molar-refractivity contribution in [2.75, 3.05) is 10.6 Å². The molecule has 1 unspecified atom stereocenters. The van der Waals surface area contributed by atoms with Gasteiger partial charge >= 0.3 is 0 Å². The van der Waals surface area contributed by atoms with Crippen LogP contribution < -0.4 is 10.6 Å². The minimum atomic E-state index is -0.395. The summed E-state index contributed by atoms with van der Waals surface area (Å²) < 4.78 is 13.1. The first kappa shape index (κ1) is 15.0. The number of anilines is 2. The van der Waals surface area contributed by atoms with Crippen LogP contribution in [-0.2, 0) is 0 Å². The molecular formula is C16H18FN3O. The van der Waals surface area contributed by atoms with Crippen LogP contribution in [0, 0.1) is 5.82 Å². The summed E-state index contributed by atoms with van der Waals surface area (Å²) in [4.78, 5) is 16.1. The maximum Gasteiger partial charge on any atom is 0.274 e. The summed E-state index contributed by atoms with van der Waals surface area (Å²) in [5, 5.41) is 5.88. The van der Waals surface area contributed by atoms with E-state index in [0.29, 0.717) is 11.7 Å². The first-order chi connectivity index (χ1) is 10.1. The number of nitrogens with zero attached hydrogens (tertiary/aromatic N) is 1. The largest absolute Gasteiger partial charge is 0.381 e. The number of pyridine rings is 1. The highest BCUT2D eigenvalue weighted by Gasteiger charge is 2.08. The standard InChI is InChI=1S/C16H18FN3O/c1-3-11(2)19-14-7-8-15(18-10-14)16(21)20-13-6-4-5-12(17)9-13/h4-11,19H,3H2,1-2H3,(H,20,21). The zero-order chi connectivity index (χ0) is 15.2. The first-order valence-electron chi connectivity index (χ1n) is 6.88. The fourth-order valence-corrected chi connectivity index (χ4v) is 1.76. The molecule has 1 aromatic carbocycles. The smallest absolute Gasteiger partial charge is 0.274 e. The summed E-state index contributed by atoms with van der Waals surface area (Å²) >= 11 is 0. The van der Waals surface area contributed by atoms with E-state index in [-0.39, 0.29) is 11.6 Å². The van der Waals surface area contributed by atoms with Crippen LogP contribution in [0.1, 0.15) is 30.8 Å². The van der Waals surface area contributed by atoms with E-state index >= 15 is 0 Å². The van der Waals surface area contributed by atoms with Crippen LogP contribution in [0.4, 0.5) is 15.8 Å². The average Bonchev–Trinajstić information content (AvgIpc) is 2.47. The molecule has 2 rings (SSSR count). The summed E-state index contributed by atoms with van der Waals surface area (Å²) in [5.74, 6) is -0.760. The lowest BCUT2D eigenvalue weighted by Gasteiger charge is -2.12. The Bertz CT molecular complexity index is 613. The van der Waals surface area contributed by atoms with Crippen molar-refractivity contribution in [2.24, 2.45) is 0 Å². The van der Waals surface area contributed by atoms with E-state index in [9.17, 15) is 9.18 Å². The number of aromatic nitrogens is 1. The van der Waals surface area contributed by atoms with E-state index in [1.165, 1.54) is 18.2 Å². The number of hydrogen-bond donors (Lipinski definition) is 2. The van der Waals surface area contributed by atoms with Crippen molar-refractivity contribution in [1.82, 2.24) is 4.98 Å². The quantitative estimate of drug-likeness (QED) is 0.882. The minimum absolute atomic E-state index is 0.286. The molecule has 0 saturated carbocycles. The van der Waals surface area contributed by atoms with Crippen molar-refractivity contribution in [3.63, 3.8) is 0 Å². The van der Waals surface area contributed by atoms with E-state index in [4.69, 9.17) is 0 Å². The summed E-state index contributed by atoms with van der Waals surface area (Å²) in [6, 6.07) is 9.54. The molecule has 2 aromatic rings. The number of hydrogen-bond acceptors (Lipinski definition) is 3. The number of benzene rings is 1. The Kier molecular flexibility index (Phi) is 4.87. The lowest BCUT2D eigenvalue weighted by Crippen LogP contribution is -2.16. The van der Waals surface area contributed by atoms with Gasteiger partial charge in [-0.3, -0.25) is 4.79 Å². The molecule has 0 radical (unpaired) electrons. The van der Waals surface area contributed by atoms with E-state index in [1.54, 1.807) is 24.4 Å². The van der Waals surface area contributed by atoms with Gasteiger partial charge in [-0.25, -0.2) is 9.37 Å². The molecule has 1 atom stereocenters. The molecule has 0 aliphatic heterocycles. The maximum atomic E-state index is 13.1. The van der Waals surface area contributed by atoms with Gasteiger partial charge in [0.15, 0.2) is 0 Å². The van der Waals surface area contributed by atoms with Crippen molar-refractivity contribution in [3.05, 3.63) is 54.1 Å². The Balaban J connectivity index is 2.03. The van der Waals surface area contributed by atoms with Crippen molar-refractivity contribution in [1.29, 1.82) is 0 Å². The van der Waals surface area contributed by atoms with Crippen molar-refractivity contribution < 1.29 is 9.18 Å². The Labute approximate surface area is 123 Å². The van der Waals surface area contributed by atoms with Gasteiger partial charge < -0.3 is 10.6 Å². The summed E-state index contributed by atoms with van der Waals surface area (Å²) in [7, 11) is 0. The second kappa shape index (κ2) is 6.83. The van der Waals surface area contributed by atoms with Gasteiger partial charge in [-0.15, -0.1) is 0 Å². The summed E-state index contributed by atoms with van der Waals surface area (Å²) in [6.45, 7) is 4.16. The van der Waals surface area contributed by atoms with Crippen LogP contribution in [0.2, 0.25) is 0 Å². The van der Waals surface area contributed by atoms with Crippen molar-refractivity contribution in [2.45, 2.75) is 26.3 Å². The summed E-state index contributed by atoms with van der Waals surface area (Å²) in [5.41, 5.74) is 1.56. The molecular weight excluding hydrogens is 269 g/mol. The number of nitrogens with one attached hydrogen (secondary N) is 2. The monoisotopic (exact) mass is 287 g/mol. The van der Waals surface area contributed by atoms with Crippen LogP contribution >= 0.6 is 0 Å². The maximum absolute atomic E-state index is 13.1. The number of halogens is 1. The fourth-order valence-electron chi connectivity index (χ4n) is 1.76. The Morgan fingerprint density at radius 3 is 2.71 bits per heavy atom. The van der Waals surface area contributed by atoms with Gasteiger partial charge in [-0.1, -0.05) is 13.0 Å². The highest BCUT2D eigenvalue weighted by molar-refractivity contribution is 6.02. The zero-order valence-electron chi connectivity index (χ0n) is 12.1. The molecule has 1 heterocycles. The predicted molar refractivity (Wildman–Crippen MR) is 82.0 cm³/mol. The molecule has 0 saturated heterocycles. The highest BCUT2D eigenvalue weighted by atomic mass is 19.1. The third-order valence-electron chi connectivity index (χ3n) is 3.10. The molecule has 0 aliphatic carbocycles. The third-order valence-corrected chi connectivity index (χ3v) is 3.10. The van der Waals surface area contributed by atoms with Gasteiger partial charge in [0.25, 0.3) is 5.91 Å². The molecule has 0 fully saturated rings. The SMILES string of the molecule is CCC(C)Nc1ccc(C(=O)Nc2cccc(F)c2)nc1. The average molecular weight is 287 g/mol. The van der Waals surface area contributed by atoms with Gasteiger partial charge in [-0.2, -0.15) is 0 Å². The molecule has 110 valence electrons. The lowest BCUT2D eigenvalue weighted by atomic mass is 10.2. The van der Waals surface area contributed by atoms with Gasteiger partial charge in [0, 0.05) is 11.7 Å². The van der Waals surface area contributed by atoms with Gasteiger partial charge in [0.2, 0.25) is 0 Å². The molecule has 21 heavy (non-hydrogen) atoms. The van der Waals surface area contributed by atoms with Gasteiger partial charge in [-0.05, 0) is 43.7 Å². The normalized spacial score (nSPS) is 11.8. The second-order valence-electron chi connectivity index (χ2n) is 4.85. The van der Waals surface area contributed by atoms with Crippen molar-refractivity contribution in [3.8, 4) is 0 Å². The zero-order valence-corrected chi connectivity index (χ0v) is 12.1. The van der Waals surface area contributed by atoms with E-state index < -0.39 is 5.82 Å². The molecule has 0 bridgehead atoms. The van der Waals surface area contributed by atoms with E-state index in [2.05, 4.69) is 29.5 Å². The number of carbonyl (C=O) groups excluding carboxylic acids is 1. The van der Waals surface area contributed by atoms with E-state index in [1.807, 2.05) is 0 Å². The third kappa shape index (κ3) is 4.27. The van der Waals surface area contributed by atoms with Crippen LogP contribution in [0.3, 0.4) is 0 Å². The fraction of sp³-hybridized carbons (Fsp3) is 0.250. The molecule has 1 aromatic heterocycles. The molecule has 4 nitrogen and oxygen atoms in total. The lowest BCUT2D eigenvalue weighted by molar-refractivity contribution is 0.102. The van der Waals surface area contributed by atoms with Gasteiger partial charge in [0.05, 0.1) is 11.9 Å². The topological polar surface area (TPSA) is 54.0 Å². The Morgan fingerprint density at radius 2 is 2.10 bits per heavy atom. The molecule has 0 spiro atoms. The highest BCUT2D eigenvalue weighted by Crippen LogP contribution is 2.12. The van der Waals surface area contributed by atoms with E-state index in [0.717, 1.165) is 12.1 Å². The Morgan fingerprint density at radius 1 is 1.29 bits per heavy atom.